The summed E-state index contributed by atoms with van der Waals surface area (Å²) in [5.74, 6) is 0.228. The van der Waals surface area contributed by atoms with Crippen LogP contribution in [-0.2, 0) is 6.42 Å². The van der Waals surface area contributed by atoms with Crippen molar-refractivity contribution in [2.45, 2.75) is 54.4 Å². The van der Waals surface area contributed by atoms with E-state index in [2.05, 4.69) is 56.6 Å². The highest BCUT2D eigenvalue weighted by Crippen LogP contribution is 2.56. The Morgan fingerprint density at radius 1 is 0.828 bits per heavy atom. The summed E-state index contributed by atoms with van der Waals surface area (Å²) in [7, 11) is -1.61. The third-order valence-corrected chi connectivity index (χ3v) is 13.5. The van der Waals surface area contributed by atoms with Gasteiger partial charge in [-0.15, -0.1) is 22.7 Å². The van der Waals surface area contributed by atoms with Crippen molar-refractivity contribution >= 4 is 68.7 Å². The van der Waals surface area contributed by atoms with E-state index >= 15 is 0 Å². The molecule has 0 bridgehead atoms. The lowest BCUT2D eigenvalue weighted by atomic mass is 9.93. The molecule has 3 aromatic rings. The van der Waals surface area contributed by atoms with Gasteiger partial charge in [0.05, 0.1) is 9.40 Å². The van der Waals surface area contributed by atoms with Gasteiger partial charge < -0.3 is 0 Å². The Bertz CT molecular complexity index is 1040. The van der Waals surface area contributed by atoms with Crippen molar-refractivity contribution in [1.29, 1.82) is 0 Å². The number of hydrogen-bond acceptors (Lipinski definition) is 3. The van der Waals surface area contributed by atoms with E-state index in [4.69, 9.17) is 0 Å². The molecule has 5 heteroatoms. The summed E-state index contributed by atoms with van der Waals surface area (Å²) in [4.78, 5) is 12.9. The molecule has 2 aromatic heterocycles. The maximum Gasteiger partial charge on any atom is 0.160 e. The number of benzene rings is 1. The highest BCUT2D eigenvalue weighted by atomic mass is 32.3. The van der Waals surface area contributed by atoms with Crippen LogP contribution >= 0.6 is 42.7 Å². The van der Waals surface area contributed by atoms with Crippen LogP contribution in [0, 0.1) is 0 Å². The Morgan fingerprint density at radius 2 is 1.34 bits per heavy atom. The fraction of sp³-hybridized carbons (Fsp3) is 0.542. The second-order valence-electron chi connectivity index (χ2n) is 9.51. The summed E-state index contributed by atoms with van der Waals surface area (Å²) >= 11 is 3.92. The highest BCUT2D eigenvalue weighted by molar-refractivity contribution is 8.33. The summed E-state index contributed by atoms with van der Waals surface area (Å²) in [5, 5.41) is 2.58. The number of fused-ring (bicyclic) bond motifs is 3. The molecule has 0 aliphatic heterocycles. The Labute approximate surface area is 187 Å². The van der Waals surface area contributed by atoms with Crippen molar-refractivity contribution in [2.24, 2.45) is 0 Å². The quantitative estimate of drug-likeness (QED) is 0.239. The van der Waals surface area contributed by atoms with Gasteiger partial charge in [-0.25, -0.2) is 20.1 Å². The second kappa shape index (κ2) is 8.57. The van der Waals surface area contributed by atoms with Gasteiger partial charge in [0.1, 0.15) is 0 Å². The first-order valence-corrected chi connectivity index (χ1v) is 17.7. The summed E-state index contributed by atoms with van der Waals surface area (Å²) in [6.07, 6.45) is 20.1. The molecule has 0 unspecified atom stereocenters. The number of aryl methyl sites for hydroxylation is 1. The first-order valence-electron chi connectivity index (χ1n) is 10.3. The molecule has 0 amide bonds. The van der Waals surface area contributed by atoms with Gasteiger partial charge in [0.15, 0.2) is 5.78 Å². The predicted octanol–water partition coefficient (Wildman–Crippen LogP) is 8.55. The van der Waals surface area contributed by atoms with Gasteiger partial charge in [0.2, 0.25) is 0 Å². The molecule has 1 nitrogen and oxygen atoms in total. The fourth-order valence-corrected chi connectivity index (χ4v) is 9.19. The van der Waals surface area contributed by atoms with Gasteiger partial charge in [-0.3, -0.25) is 4.79 Å². The van der Waals surface area contributed by atoms with Crippen molar-refractivity contribution in [3.63, 3.8) is 0 Å². The molecular weight excluding hydrogens is 433 g/mol. The summed E-state index contributed by atoms with van der Waals surface area (Å²) in [5.41, 5.74) is 2.32. The van der Waals surface area contributed by atoms with Crippen LogP contribution in [0.1, 0.15) is 55.5 Å². The average molecular weight is 469 g/mol. The molecule has 162 valence electrons. The zero-order valence-electron chi connectivity index (χ0n) is 19.2. The number of Topliss-reactive ketones (excluding diaryl/α,β-unsaturated/α-hetero) is 1. The smallest absolute Gasteiger partial charge is 0.160 e. The second-order valence-corrected chi connectivity index (χ2v) is 20.4. The van der Waals surface area contributed by atoms with Crippen LogP contribution in [0.3, 0.4) is 0 Å². The first-order chi connectivity index (χ1) is 13.4. The van der Waals surface area contributed by atoms with Crippen LogP contribution in [0.5, 0.6) is 0 Å². The average Bonchev–Trinajstić information content (AvgIpc) is 3.21. The molecule has 0 saturated heterocycles. The minimum absolute atomic E-state index is 0.228. The van der Waals surface area contributed by atoms with Crippen molar-refractivity contribution in [3.8, 4) is 0 Å². The van der Waals surface area contributed by atoms with Crippen LogP contribution in [0.2, 0.25) is 0 Å². The molecule has 0 radical (unpaired) electrons. The van der Waals surface area contributed by atoms with E-state index in [0.717, 1.165) is 12.0 Å². The maximum atomic E-state index is 12.9. The lowest BCUT2D eigenvalue weighted by Gasteiger charge is -2.23. The Balaban J connectivity index is 2.34. The Hall–Kier alpha value is -0.490. The topological polar surface area (TPSA) is 17.1 Å². The minimum atomic E-state index is -0.817. The number of carbonyl (C=O) groups excluding carboxylic acids is 1. The number of ketones is 1. The molecule has 3 rings (SSSR count). The molecule has 2 heterocycles. The SMILES string of the molecule is CCCCCCc1c(C(C)=O)c2cc(S(C)(C)C)sc2c2sc(S(C)(C)C)cc12. The molecule has 0 N–H and O–H groups in total. The third-order valence-electron chi connectivity index (χ3n) is 5.36. The molecular formula is C24H36OS4. The van der Waals surface area contributed by atoms with E-state index < -0.39 is 20.1 Å². The summed E-state index contributed by atoms with van der Waals surface area (Å²) in [6, 6.07) is 4.78. The van der Waals surface area contributed by atoms with E-state index in [9.17, 15) is 4.79 Å². The van der Waals surface area contributed by atoms with Crippen LogP contribution < -0.4 is 0 Å². The lowest BCUT2D eigenvalue weighted by molar-refractivity contribution is 0.101. The van der Waals surface area contributed by atoms with Crippen LogP contribution in [0.15, 0.2) is 20.6 Å². The molecule has 0 spiro atoms. The van der Waals surface area contributed by atoms with Crippen molar-refractivity contribution < 1.29 is 4.79 Å². The van der Waals surface area contributed by atoms with Crippen LogP contribution in [-0.4, -0.2) is 43.3 Å². The zero-order chi connectivity index (χ0) is 21.6. The van der Waals surface area contributed by atoms with E-state index in [-0.39, 0.29) is 5.78 Å². The summed E-state index contributed by atoms with van der Waals surface area (Å²) in [6.45, 7) is 4.02. The molecule has 29 heavy (non-hydrogen) atoms. The molecule has 1 aromatic carbocycles. The first kappa shape index (κ1) is 23.2. The number of carbonyl (C=O) groups is 1. The molecule has 0 aliphatic carbocycles. The van der Waals surface area contributed by atoms with Gasteiger partial charge in [0, 0.05) is 19.4 Å². The van der Waals surface area contributed by atoms with Gasteiger partial charge >= 0.3 is 0 Å². The summed E-state index contributed by atoms with van der Waals surface area (Å²) < 4.78 is 5.73. The fourth-order valence-electron chi connectivity index (χ4n) is 3.78. The van der Waals surface area contributed by atoms with Gasteiger partial charge in [-0.05, 0) is 80.4 Å². The zero-order valence-corrected chi connectivity index (χ0v) is 22.5. The van der Waals surface area contributed by atoms with E-state index in [1.54, 1.807) is 6.92 Å². The van der Waals surface area contributed by atoms with Gasteiger partial charge in [-0.2, -0.15) is 0 Å². The van der Waals surface area contributed by atoms with Crippen molar-refractivity contribution in [3.05, 3.63) is 23.3 Å². The predicted molar refractivity (Wildman–Crippen MR) is 142 cm³/mol. The largest absolute Gasteiger partial charge is 0.294 e. The number of hydrogen-bond donors (Lipinski definition) is 0. The minimum Gasteiger partial charge on any atom is -0.294 e. The molecule has 0 saturated carbocycles. The van der Waals surface area contributed by atoms with Crippen molar-refractivity contribution in [1.82, 2.24) is 0 Å². The normalized spacial score (nSPS) is 14.1. The number of rotatable bonds is 8. The standard InChI is InChI=1S/C24H36OS4/c1-9-10-11-12-13-17-18-14-20(28(3,4)5)26-23(18)24-19(22(17)16(2)25)15-21(27-24)29(6,7)8/h14-15H,9-13H2,1-8H3. The van der Waals surface area contributed by atoms with Gasteiger partial charge in [-0.1, -0.05) is 26.2 Å². The molecule has 0 atom stereocenters. The maximum absolute atomic E-state index is 12.9. The van der Waals surface area contributed by atoms with E-state index in [1.165, 1.54) is 59.8 Å². The highest BCUT2D eigenvalue weighted by Gasteiger charge is 2.24. The molecule has 0 fully saturated rings. The van der Waals surface area contributed by atoms with Crippen LogP contribution in [0.4, 0.5) is 0 Å². The van der Waals surface area contributed by atoms with Gasteiger partial charge in [0.25, 0.3) is 0 Å². The Kier molecular flexibility index (Phi) is 6.85. The van der Waals surface area contributed by atoms with Crippen molar-refractivity contribution in [2.75, 3.05) is 37.5 Å². The number of unbranched alkanes of at least 4 members (excludes halogenated alkanes) is 3. The van der Waals surface area contributed by atoms with Crippen LogP contribution in [0.25, 0.3) is 20.2 Å². The third kappa shape index (κ3) is 4.73. The number of thiophene rings is 2. The Morgan fingerprint density at radius 3 is 1.83 bits per heavy atom. The molecule has 0 aliphatic rings. The lowest BCUT2D eigenvalue weighted by Crippen LogP contribution is -2.01. The van der Waals surface area contributed by atoms with E-state index in [0.29, 0.717) is 0 Å². The van der Waals surface area contributed by atoms with E-state index in [1.807, 2.05) is 22.7 Å². The monoisotopic (exact) mass is 468 g/mol.